The van der Waals surface area contributed by atoms with Crippen molar-refractivity contribution in [3.8, 4) is 17.0 Å². The van der Waals surface area contributed by atoms with Crippen LogP contribution in [0, 0.1) is 0 Å². The fourth-order valence-corrected chi connectivity index (χ4v) is 2.33. The first-order valence-electron chi connectivity index (χ1n) is 6.62. The van der Waals surface area contributed by atoms with Gasteiger partial charge in [-0.05, 0) is 35.9 Å². The number of nitrogens with one attached hydrogen (secondary N) is 1. The van der Waals surface area contributed by atoms with Crippen LogP contribution in [0.1, 0.15) is 5.56 Å². The fraction of sp³-hybridized carbons (Fsp3) is 0.125. The van der Waals surface area contributed by atoms with E-state index in [2.05, 4.69) is 9.72 Å². The summed E-state index contributed by atoms with van der Waals surface area (Å²) in [5.41, 5.74) is 8.83. The van der Waals surface area contributed by atoms with E-state index in [9.17, 15) is 13.2 Å². The van der Waals surface area contributed by atoms with E-state index in [1.165, 1.54) is 18.2 Å². The first kappa shape index (κ1) is 14.5. The third-order valence-electron chi connectivity index (χ3n) is 3.30. The fourth-order valence-electron chi connectivity index (χ4n) is 2.33. The van der Waals surface area contributed by atoms with Gasteiger partial charge in [0.15, 0.2) is 0 Å². The molecule has 0 atom stereocenters. The molecule has 0 unspecified atom stereocenters. The molecular formula is C16H13F3N2O. The van der Waals surface area contributed by atoms with Crippen molar-refractivity contribution >= 4 is 10.9 Å². The molecule has 0 radical (unpaired) electrons. The van der Waals surface area contributed by atoms with Gasteiger partial charge in [-0.3, -0.25) is 0 Å². The number of nitrogens with two attached hydrogens (primary N) is 1. The van der Waals surface area contributed by atoms with E-state index in [1.54, 1.807) is 6.07 Å². The first-order valence-corrected chi connectivity index (χ1v) is 6.62. The van der Waals surface area contributed by atoms with Crippen LogP contribution >= 0.6 is 0 Å². The molecule has 0 aliphatic heterocycles. The van der Waals surface area contributed by atoms with Crippen molar-refractivity contribution in [2.45, 2.75) is 12.9 Å². The normalized spacial score (nSPS) is 11.8. The largest absolute Gasteiger partial charge is 0.573 e. The summed E-state index contributed by atoms with van der Waals surface area (Å²) in [6, 6.07) is 13.5. The molecule has 2 aromatic carbocycles. The summed E-state index contributed by atoms with van der Waals surface area (Å²) in [6.45, 7) is 0.436. The molecule has 3 N–H and O–H groups in total. The van der Waals surface area contributed by atoms with Crippen LogP contribution in [0.15, 0.2) is 48.5 Å². The van der Waals surface area contributed by atoms with Crippen molar-refractivity contribution in [3.63, 3.8) is 0 Å². The van der Waals surface area contributed by atoms with E-state index >= 15 is 0 Å². The van der Waals surface area contributed by atoms with Crippen LogP contribution in [0.3, 0.4) is 0 Å². The lowest BCUT2D eigenvalue weighted by molar-refractivity contribution is -0.274. The minimum Gasteiger partial charge on any atom is -0.406 e. The maximum absolute atomic E-state index is 12.3. The van der Waals surface area contributed by atoms with E-state index in [-0.39, 0.29) is 5.75 Å². The van der Waals surface area contributed by atoms with Crippen LogP contribution in [0.25, 0.3) is 22.2 Å². The highest BCUT2D eigenvalue weighted by Crippen LogP contribution is 2.29. The summed E-state index contributed by atoms with van der Waals surface area (Å²) >= 11 is 0. The molecule has 0 bridgehead atoms. The van der Waals surface area contributed by atoms with Crippen LogP contribution in [0.2, 0.25) is 0 Å². The SMILES string of the molecule is NCc1ccc2[nH]c(-c3cccc(OC(F)(F)F)c3)cc2c1. The Morgan fingerprint density at radius 3 is 2.59 bits per heavy atom. The Labute approximate surface area is 124 Å². The number of benzene rings is 2. The molecule has 0 aliphatic carbocycles. The van der Waals surface area contributed by atoms with Crippen LogP contribution in [0.5, 0.6) is 5.75 Å². The van der Waals surface area contributed by atoms with Crippen molar-refractivity contribution < 1.29 is 17.9 Å². The summed E-state index contributed by atoms with van der Waals surface area (Å²) in [4.78, 5) is 3.18. The Morgan fingerprint density at radius 1 is 1.05 bits per heavy atom. The average Bonchev–Trinajstić information content (AvgIpc) is 2.88. The minimum absolute atomic E-state index is 0.244. The molecule has 0 saturated heterocycles. The number of alkyl halides is 3. The van der Waals surface area contributed by atoms with E-state index in [0.717, 1.165) is 22.2 Å². The lowest BCUT2D eigenvalue weighted by Crippen LogP contribution is -2.17. The second-order valence-corrected chi connectivity index (χ2v) is 4.88. The van der Waals surface area contributed by atoms with Gasteiger partial charge in [0.25, 0.3) is 0 Å². The number of aromatic nitrogens is 1. The predicted octanol–water partition coefficient (Wildman–Crippen LogP) is 4.19. The molecular weight excluding hydrogens is 293 g/mol. The second-order valence-electron chi connectivity index (χ2n) is 4.88. The number of halogens is 3. The van der Waals surface area contributed by atoms with Gasteiger partial charge < -0.3 is 15.5 Å². The van der Waals surface area contributed by atoms with Gasteiger partial charge in [0.2, 0.25) is 0 Å². The number of ether oxygens (including phenoxy) is 1. The molecule has 0 spiro atoms. The molecule has 3 aromatic rings. The molecule has 0 fully saturated rings. The molecule has 1 heterocycles. The van der Waals surface area contributed by atoms with E-state index in [0.29, 0.717) is 12.1 Å². The standard InChI is InChI=1S/C16H13F3N2O/c17-16(18,19)22-13-3-1-2-11(7-13)15-8-12-6-10(9-20)4-5-14(12)21-15/h1-8,21H,9,20H2. The van der Waals surface area contributed by atoms with Gasteiger partial charge in [0.1, 0.15) is 5.75 Å². The lowest BCUT2D eigenvalue weighted by atomic mass is 10.1. The van der Waals surface area contributed by atoms with Crippen molar-refractivity contribution in [2.24, 2.45) is 5.73 Å². The monoisotopic (exact) mass is 306 g/mol. The first-order chi connectivity index (χ1) is 10.4. The van der Waals surface area contributed by atoms with E-state index in [4.69, 9.17) is 5.73 Å². The lowest BCUT2D eigenvalue weighted by Gasteiger charge is -2.09. The summed E-state index contributed by atoms with van der Waals surface area (Å²) in [5, 5.41) is 0.958. The third-order valence-corrected chi connectivity index (χ3v) is 3.30. The highest BCUT2D eigenvalue weighted by Gasteiger charge is 2.31. The molecule has 3 nitrogen and oxygen atoms in total. The van der Waals surface area contributed by atoms with Gasteiger partial charge in [0, 0.05) is 28.7 Å². The van der Waals surface area contributed by atoms with Gasteiger partial charge in [-0.2, -0.15) is 0 Å². The van der Waals surface area contributed by atoms with Crippen molar-refractivity contribution in [3.05, 3.63) is 54.1 Å². The maximum atomic E-state index is 12.3. The van der Waals surface area contributed by atoms with Gasteiger partial charge in [-0.15, -0.1) is 13.2 Å². The minimum atomic E-state index is -4.70. The number of fused-ring (bicyclic) bond motifs is 1. The quantitative estimate of drug-likeness (QED) is 0.762. The van der Waals surface area contributed by atoms with Crippen molar-refractivity contribution in [2.75, 3.05) is 0 Å². The number of hydrogen-bond donors (Lipinski definition) is 2. The van der Waals surface area contributed by atoms with Crippen molar-refractivity contribution in [1.29, 1.82) is 0 Å². The van der Waals surface area contributed by atoms with Gasteiger partial charge >= 0.3 is 6.36 Å². The Bertz CT molecular complexity index is 809. The summed E-state index contributed by atoms with van der Waals surface area (Å²) in [7, 11) is 0. The predicted molar refractivity (Wildman–Crippen MR) is 78.3 cm³/mol. The zero-order chi connectivity index (χ0) is 15.7. The second kappa shape index (κ2) is 5.38. The molecule has 0 saturated carbocycles. The number of H-pyrrole nitrogens is 1. The molecule has 0 amide bonds. The molecule has 3 rings (SSSR count). The van der Waals surface area contributed by atoms with Crippen LogP contribution in [-0.4, -0.2) is 11.3 Å². The maximum Gasteiger partial charge on any atom is 0.573 e. The topological polar surface area (TPSA) is 51.0 Å². The number of hydrogen-bond acceptors (Lipinski definition) is 2. The van der Waals surface area contributed by atoms with Gasteiger partial charge in [-0.25, -0.2) is 0 Å². The Balaban J connectivity index is 1.98. The molecule has 1 aromatic heterocycles. The van der Waals surface area contributed by atoms with Gasteiger partial charge in [-0.1, -0.05) is 18.2 Å². The van der Waals surface area contributed by atoms with Crippen LogP contribution < -0.4 is 10.5 Å². The number of rotatable bonds is 3. The average molecular weight is 306 g/mol. The Hall–Kier alpha value is -2.47. The third kappa shape index (κ3) is 3.07. The van der Waals surface area contributed by atoms with Gasteiger partial charge in [0.05, 0.1) is 0 Å². The Kier molecular flexibility index (Phi) is 3.54. The zero-order valence-corrected chi connectivity index (χ0v) is 11.4. The smallest absolute Gasteiger partial charge is 0.406 e. The summed E-state index contributed by atoms with van der Waals surface area (Å²) < 4.78 is 40.8. The molecule has 0 aliphatic rings. The molecule has 6 heteroatoms. The highest BCUT2D eigenvalue weighted by atomic mass is 19.4. The summed E-state index contributed by atoms with van der Waals surface area (Å²) in [5.74, 6) is -0.244. The number of aromatic amines is 1. The molecule has 22 heavy (non-hydrogen) atoms. The Morgan fingerprint density at radius 2 is 1.86 bits per heavy atom. The van der Waals surface area contributed by atoms with Crippen LogP contribution in [0.4, 0.5) is 13.2 Å². The molecule has 114 valence electrons. The van der Waals surface area contributed by atoms with Crippen LogP contribution in [-0.2, 0) is 6.54 Å². The summed E-state index contributed by atoms with van der Waals surface area (Å²) in [6.07, 6.45) is -4.70. The van der Waals surface area contributed by atoms with Crippen molar-refractivity contribution in [1.82, 2.24) is 4.98 Å². The van der Waals surface area contributed by atoms with E-state index < -0.39 is 6.36 Å². The van der Waals surface area contributed by atoms with E-state index in [1.807, 2.05) is 24.3 Å². The zero-order valence-electron chi connectivity index (χ0n) is 11.4. The highest BCUT2D eigenvalue weighted by molar-refractivity contribution is 5.86.